The van der Waals surface area contributed by atoms with Gasteiger partial charge in [-0.2, -0.15) is 0 Å². The maximum atomic E-state index is 13.4. The summed E-state index contributed by atoms with van der Waals surface area (Å²) in [6.45, 7) is 5.09. The number of hydrogen-bond donors (Lipinski definition) is 2. The molecule has 0 spiro atoms. The van der Waals surface area contributed by atoms with Crippen molar-refractivity contribution in [2.24, 2.45) is 0 Å². The van der Waals surface area contributed by atoms with Crippen molar-refractivity contribution in [1.29, 1.82) is 0 Å². The molecule has 2 amide bonds. The van der Waals surface area contributed by atoms with Crippen molar-refractivity contribution in [2.75, 3.05) is 16.2 Å². The average molecular weight is 466 g/mol. The first kappa shape index (κ1) is 24.0. The van der Waals surface area contributed by atoms with Gasteiger partial charge >= 0.3 is 0 Å². The fourth-order valence-corrected chi connectivity index (χ4v) is 4.62. The predicted octanol–water partition coefficient (Wildman–Crippen LogP) is 3.97. The molecule has 0 heterocycles. The Morgan fingerprint density at radius 1 is 0.879 bits per heavy atom. The Morgan fingerprint density at radius 3 is 2.12 bits per heavy atom. The maximum Gasteiger partial charge on any atom is 0.264 e. The minimum Gasteiger partial charge on any atom is -0.350 e. The minimum atomic E-state index is -4.01. The number of nitrogens with zero attached hydrogens (tertiary/aromatic N) is 1. The van der Waals surface area contributed by atoms with Crippen molar-refractivity contribution in [3.8, 4) is 0 Å². The third kappa shape index (κ3) is 5.98. The molecule has 0 aliphatic heterocycles. The van der Waals surface area contributed by atoms with Crippen LogP contribution in [-0.4, -0.2) is 32.8 Å². The summed E-state index contributed by atoms with van der Waals surface area (Å²) in [5.41, 5.74) is 1.89. The van der Waals surface area contributed by atoms with E-state index in [0.29, 0.717) is 16.9 Å². The molecule has 8 heteroatoms. The number of sulfonamides is 1. The third-order valence-corrected chi connectivity index (χ3v) is 6.59. The van der Waals surface area contributed by atoms with E-state index < -0.39 is 22.5 Å². The molecule has 3 aromatic rings. The molecule has 0 aliphatic carbocycles. The molecule has 0 saturated heterocycles. The van der Waals surface area contributed by atoms with E-state index >= 15 is 0 Å². The van der Waals surface area contributed by atoms with Crippen LogP contribution in [0, 0.1) is 6.92 Å². The van der Waals surface area contributed by atoms with Gasteiger partial charge < -0.3 is 10.6 Å². The van der Waals surface area contributed by atoms with E-state index in [0.717, 1.165) is 9.87 Å². The minimum absolute atomic E-state index is 0.0746. The number of benzene rings is 3. The van der Waals surface area contributed by atoms with Gasteiger partial charge in [-0.25, -0.2) is 8.42 Å². The lowest BCUT2D eigenvalue weighted by Gasteiger charge is -2.24. The molecule has 0 aliphatic rings. The average Bonchev–Trinajstić information content (AvgIpc) is 2.78. The molecule has 0 bridgehead atoms. The number of aryl methyl sites for hydroxylation is 1. The Bertz CT molecular complexity index is 1220. The summed E-state index contributed by atoms with van der Waals surface area (Å²) in [7, 11) is -4.01. The maximum absolute atomic E-state index is 13.4. The summed E-state index contributed by atoms with van der Waals surface area (Å²) < 4.78 is 27.9. The van der Waals surface area contributed by atoms with Crippen LogP contribution in [0.3, 0.4) is 0 Å². The highest BCUT2D eigenvalue weighted by Crippen LogP contribution is 2.24. The van der Waals surface area contributed by atoms with Gasteiger partial charge in [0.2, 0.25) is 5.91 Å². The normalized spacial score (nSPS) is 11.2. The Labute approximate surface area is 194 Å². The monoisotopic (exact) mass is 465 g/mol. The van der Waals surface area contributed by atoms with Crippen LogP contribution >= 0.6 is 0 Å². The third-order valence-electron chi connectivity index (χ3n) is 4.81. The second-order valence-electron chi connectivity index (χ2n) is 7.88. The number of carbonyl (C=O) groups is 2. The molecule has 0 radical (unpaired) electrons. The quantitative estimate of drug-likeness (QED) is 0.526. The lowest BCUT2D eigenvalue weighted by atomic mass is 10.1. The zero-order valence-corrected chi connectivity index (χ0v) is 19.6. The molecule has 3 rings (SSSR count). The molecule has 2 N–H and O–H groups in total. The van der Waals surface area contributed by atoms with Gasteiger partial charge in [-0.3, -0.25) is 13.9 Å². The molecule has 0 fully saturated rings. The van der Waals surface area contributed by atoms with E-state index in [1.165, 1.54) is 12.1 Å². The first-order chi connectivity index (χ1) is 15.7. The van der Waals surface area contributed by atoms with E-state index in [2.05, 4.69) is 10.6 Å². The summed E-state index contributed by atoms with van der Waals surface area (Å²) in [4.78, 5) is 25.6. The van der Waals surface area contributed by atoms with E-state index in [-0.39, 0.29) is 16.8 Å². The molecule has 0 unspecified atom stereocenters. The van der Waals surface area contributed by atoms with Gasteiger partial charge in [0, 0.05) is 6.04 Å². The van der Waals surface area contributed by atoms with Crippen LogP contribution in [0.15, 0.2) is 83.8 Å². The van der Waals surface area contributed by atoms with E-state index in [9.17, 15) is 18.0 Å². The first-order valence-electron chi connectivity index (χ1n) is 10.5. The smallest absolute Gasteiger partial charge is 0.264 e. The molecule has 7 nitrogen and oxygen atoms in total. The van der Waals surface area contributed by atoms with Crippen molar-refractivity contribution in [1.82, 2.24) is 5.32 Å². The lowest BCUT2D eigenvalue weighted by Crippen LogP contribution is -2.38. The number of para-hydroxylation sites is 2. The number of hydrogen-bond acceptors (Lipinski definition) is 4. The predicted molar refractivity (Wildman–Crippen MR) is 130 cm³/mol. The Balaban J connectivity index is 1.90. The number of amides is 2. The lowest BCUT2D eigenvalue weighted by molar-refractivity contribution is -0.114. The van der Waals surface area contributed by atoms with Crippen molar-refractivity contribution in [3.63, 3.8) is 0 Å². The van der Waals surface area contributed by atoms with Gasteiger partial charge in [0.15, 0.2) is 0 Å². The van der Waals surface area contributed by atoms with Crippen LogP contribution in [0.4, 0.5) is 11.4 Å². The molecular weight excluding hydrogens is 438 g/mol. The van der Waals surface area contributed by atoms with Gasteiger partial charge in [0.25, 0.3) is 15.9 Å². The van der Waals surface area contributed by atoms with Crippen molar-refractivity contribution >= 4 is 33.2 Å². The number of rotatable bonds is 8. The molecular formula is C25H27N3O4S. The Hall–Kier alpha value is -3.65. The second-order valence-corrected chi connectivity index (χ2v) is 9.74. The van der Waals surface area contributed by atoms with Crippen LogP contribution in [0.5, 0.6) is 0 Å². The van der Waals surface area contributed by atoms with E-state index in [1.54, 1.807) is 66.7 Å². The number of nitrogens with one attached hydrogen (secondary N) is 2. The fourth-order valence-electron chi connectivity index (χ4n) is 3.20. The standard InChI is InChI=1S/C25H27N3O4S/c1-18(2)26-25(30)22-11-7-8-12-23(22)27-24(29)17-28(20-9-5-4-6-10-20)33(31,32)21-15-13-19(3)14-16-21/h4-16,18H,17H2,1-3H3,(H,26,30)(H,27,29). The van der Waals surface area contributed by atoms with Crippen molar-refractivity contribution in [2.45, 2.75) is 31.7 Å². The highest BCUT2D eigenvalue weighted by Gasteiger charge is 2.27. The first-order valence-corrected chi connectivity index (χ1v) is 12.0. The second kappa shape index (κ2) is 10.3. The topological polar surface area (TPSA) is 95.6 Å². The molecule has 0 aromatic heterocycles. The van der Waals surface area contributed by atoms with Crippen molar-refractivity contribution < 1.29 is 18.0 Å². The highest BCUT2D eigenvalue weighted by molar-refractivity contribution is 7.92. The molecule has 172 valence electrons. The summed E-state index contributed by atoms with van der Waals surface area (Å²) in [6.07, 6.45) is 0. The van der Waals surface area contributed by atoms with Crippen LogP contribution in [-0.2, 0) is 14.8 Å². The van der Waals surface area contributed by atoms with Gasteiger partial charge in [-0.15, -0.1) is 0 Å². The van der Waals surface area contributed by atoms with E-state index in [4.69, 9.17) is 0 Å². The number of anilines is 2. The molecule has 33 heavy (non-hydrogen) atoms. The fraction of sp³-hybridized carbons (Fsp3) is 0.200. The van der Waals surface area contributed by atoms with Gasteiger partial charge in [-0.1, -0.05) is 48.0 Å². The number of carbonyl (C=O) groups excluding carboxylic acids is 2. The zero-order valence-electron chi connectivity index (χ0n) is 18.8. The molecule has 0 atom stereocenters. The Kier molecular flexibility index (Phi) is 7.50. The summed E-state index contributed by atoms with van der Waals surface area (Å²) >= 11 is 0. The summed E-state index contributed by atoms with van der Waals surface area (Å²) in [5, 5.41) is 5.48. The molecule has 0 saturated carbocycles. The van der Waals surface area contributed by atoms with Gasteiger partial charge in [-0.05, 0) is 57.2 Å². The zero-order chi connectivity index (χ0) is 24.0. The summed E-state index contributed by atoms with van der Waals surface area (Å²) in [5.74, 6) is -0.896. The van der Waals surface area contributed by atoms with E-state index in [1.807, 2.05) is 20.8 Å². The Morgan fingerprint density at radius 2 is 1.48 bits per heavy atom. The van der Waals surface area contributed by atoms with Crippen molar-refractivity contribution in [3.05, 3.63) is 90.0 Å². The highest BCUT2D eigenvalue weighted by atomic mass is 32.2. The van der Waals surface area contributed by atoms with Gasteiger partial charge in [0.05, 0.1) is 21.8 Å². The SMILES string of the molecule is Cc1ccc(S(=O)(=O)N(CC(=O)Nc2ccccc2C(=O)NC(C)C)c2ccccc2)cc1. The summed E-state index contributed by atoms with van der Waals surface area (Å²) in [6, 6.07) is 21.4. The molecule has 3 aromatic carbocycles. The van der Waals surface area contributed by atoms with Crippen LogP contribution in [0.2, 0.25) is 0 Å². The largest absolute Gasteiger partial charge is 0.350 e. The van der Waals surface area contributed by atoms with Gasteiger partial charge in [0.1, 0.15) is 6.54 Å². The van der Waals surface area contributed by atoms with Crippen LogP contribution in [0.25, 0.3) is 0 Å². The van der Waals surface area contributed by atoms with Crippen LogP contribution in [0.1, 0.15) is 29.8 Å². The van der Waals surface area contributed by atoms with Crippen LogP contribution < -0.4 is 14.9 Å².